The normalized spacial score (nSPS) is 22.3. The van der Waals surface area contributed by atoms with Crippen molar-refractivity contribution in [1.82, 2.24) is 15.3 Å². The van der Waals surface area contributed by atoms with Crippen molar-refractivity contribution in [3.05, 3.63) is 23.3 Å². The van der Waals surface area contributed by atoms with Gasteiger partial charge in [0.15, 0.2) is 0 Å². The molecule has 5 heteroatoms. The highest BCUT2D eigenvalue weighted by molar-refractivity contribution is 5.94. The van der Waals surface area contributed by atoms with Crippen molar-refractivity contribution in [3.8, 4) is 0 Å². The van der Waals surface area contributed by atoms with Crippen LogP contribution >= 0.6 is 0 Å². The van der Waals surface area contributed by atoms with E-state index in [-0.39, 0.29) is 17.4 Å². The van der Waals surface area contributed by atoms with Crippen LogP contribution in [-0.4, -0.2) is 35.1 Å². The van der Waals surface area contributed by atoms with E-state index in [0.717, 1.165) is 18.7 Å². The van der Waals surface area contributed by atoms with Gasteiger partial charge in [-0.05, 0) is 25.7 Å². The first kappa shape index (κ1) is 15.9. The molecule has 1 aliphatic heterocycles. The average Bonchev–Trinajstić information content (AvgIpc) is 2.84. The molecule has 0 spiro atoms. The molecule has 1 fully saturated rings. The number of aromatic nitrogens is 2. The molecule has 2 rings (SSSR count). The van der Waals surface area contributed by atoms with Gasteiger partial charge in [0.05, 0.1) is 17.4 Å². The summed E-state index contributed by atoms with van der Waals surface area (Å²) in [7, 11) is 0. The molecule has 1 saturated heterocycles. The monoisotopic (exact) mass is 291 g/mol. The lowest BCUT2D eigenvalue weighted by molar-refractivity contribution is 0.00737. The number of carbonyl (C=O) groups excluding carboxylic acids is 1. The van der Waals surface area contributed by atoms with E-state index in [1.165, 1.54) is 0 Å². The van der Waals surface area contributed by atoms with E-state index < -0.39 is 0 Å². The smallest absolute Gasteiger partial charge is 0.254 e. The molecule has 0 aliphatic carbocycles. The minimum Gasteiger partial charge on any atom is -0.377 e. The van der Waals surface area contributed by atoms with E-state index in [9.17, 15) is 4.79 Å². The number of hydrogen-bond donors (Lipinski definition) is 1. The summed E-state index contributed by atoms with van der Waals surface area (Å²) < 4.78 is 5.83. The molecule has 0 radical (unpaired) electrons. The number of amides is 1. The zero-order valence-corrected chi connectivity index (χ0v) is 13.6. The molecule has 1 aromatic heterocycles. The summed E-state index contributed by atoms with van der Waals surface area (Å²) in [5.41, 5.74) is 1.36. The largest absolute Gasteiger partial charge is 0.377 e. The molecule has 5 nitrogen and oxygen atoms in total. The molecule has 2 heterocycles. The maximum absolute atomic E-state index is 12.3. The molecular weight excluding hydrogens is 266 g/mol. The Balaban J connectivity index is 1.98. The van der Waals surface area contributed by atoms with Gasteiger partial charge in [-0.15, -0.1) is 0 Å². The fraction of sp³-hybridized carbons (Fsp3) is 0.688. The molecule has 1 aromatic rings. The predicted molar refractivity (Wildman–Crippen MR) is 81.1 cm³/mol. The van der Waals surface area contributed by atoms with Crippen molar-refractivity contribution in [2.24, 2.45) is 11.3 Å². The van der Waals surface area contributed by atoms with Crippen molar-refractivity contribution >= 4 is 5.91 Å². The molecule has 0 saturated carbocycles. The van der Waals surface area contributed by atoms with E-state index in [1.54, 1.807) is 6.20 Å². The maximum Gasteiger partial charge on any atom is 0.254 e. The van der Waals surface area contributed by atoms with Gasteiger partial charge in [0.2, 0.25) is 0 Å². The standard InChI is InChI=1S/C16H25N3O2/c1-10-13(9-17-11(2)19-10)15(20)18-8-12-6-7-21-14(12)16(3,4)5/h9,12,14H,6-8H2,1-5H3,(H,18,20)/t12-,14+/m1/s1. The third-order valence-electron chi connectivity index (χ3n) is 3.94. The van der Waals surface area contributed by atoms with Gasteiger partial charge < -0.3 is 10.1 Å². The number of aryl methyl sites for hydroxylation is 2. The van der Waals surface area contributed by atoms with Crippen LogP contribution in [0.15, 0.2) is 6.20 Å². The Morgan fingerprint density at radius 2 is 2.14 bits per heavy atom. The van der Waals surface area contributed by atoms with Crippen molar-refractivity contribution in [2.45, 2.75) is 47.1 Å². The van der Waals surface area contributed by atoms with E-state index >= 15 is 0 Å². The van der Waals surface area contributed by atoms with Gasteiger partial charge in [-0.25, -0.2) is 9.97 Å². The summed E-state index contributed by atoms with van der Waals surface area (Å²) in [6, 6.07) is 0. The summed E-state index contributed by atoms with van der Waals surface area (Å²) in [6.45, 7) is 11.6. The predicted octanol–water partition coefficient (Wildman–Crippen LogP) is 2.27. The zero-order chi connectivity index (χ0) is 15.6. The minimum absolute atomic E-state index is 0.0920. The van der Waals surface area contributed by atoms with Crippen molar-refractivity contribution in [3.63, 3.8) is 0 Å². The van der Waals surface area contributed by atoms with Crippen LogP contribution < -0.4 is 5.32 Å². The first-order valence-corrected chi connectivity index (χ1v) is 7.49. The third-order valence-corrected chi connectivity index (χ3v) is 3.94. The number of nitrogens with one attached hydrogen (secondary N) is 1. The molecule has 1 amide bonds. The number of hydrogen-bond acceptors (Lipinski definition) is 4. The molecule has 0 bridgehead atoms. The Hall–Kier alpha value is -1.49. The SMILES string of the molecule is Cc1ncc(C(=O)NC[C@H]2CCO[C@@H]2C(C)(C)C)c(C)n1. The third kappa shape index (κ3) is 3.79. The molecular formula is C16H25N3O2. The second kappa shape index (κ2) is 6.10. The van der Waals surface area contributed by atoms with Crippen molar-refractivity contribution < 1.29 is 9.53 Å². The van der Waals surface area contributed by atoms with Gasteiger partial charge >= 0.3 is 0 Å². The van der Waals surface area contributed by atoms with Gasteiger partial charge in [0.1, 0.15) is 5.82 Å². The van der Waals surface area contributed by atoms with E-state index in [0.29, 0.717) is 23.9 Å². The molecule has 0 unspecified atom stereocenters. The van der Waals surface area contributed by atoms with Gasteiger partial charge in [-0.2, -0.15) is 0 Å². The van der Waals surface area contributed by atoms with Crippen LogP contribution in [0.5, 0.6) is 0 Å². The second-order valence-corrected chi connectivity index (χ2v) is 6.83. The lowest BCUT2D eigenvalue weighted by Crippen LogP contribution is -2.39. The van der Waals surface area contributed by atoms with Gasteiger partial charge in [-0.3, -0.25) is 4.79 Å². The Labute approximate surface area is 126 Å². The summed E-state index contributed by atoms with van der Waals surface area (Å²) >= 11 is 0. The van der Waals surface area contributed by atoms with E-state index in [2.05, 4.69) is 36.1 Å². The highest BCUT2D eigenvalue weighted by Crippen LogP contribution is 2.34. The Morgan fingerprint density at radius 1 is 1.43 bits per heavy atom. The van der Waals surface area contributed by atoms with E-state index in [1.807, 2.05) is 13.8 Å². The summed E-state index contributed by atoms with van der Waals surface area (Å²) in [6.07, 6.45) is 2.78. The highest BCUT2D eigenvalue weighted by atomic mass is 16.5. The molecule has 1 N–H and O–H groups in total. The zero-order valence-electron chi connectivity index (χ0n) is 13.6. The lowest BCUT2D eigenvalue weighted by Gasteiger charge is -2.31. The number of ether oxygens (including phenoxy) is 1. The lowest BCUT2D eigenvalue weighted by atomic mass is 9.81. The Kier molecular flexibility index (Phi) is 4.61. The quantitative estimate of drug-likeness (QED) is 0.928. The number of carbonyl (C=O) groups is 1. The van der Waals surface area contributed by atoms with Crippen LogP contribution in [0.1, 0.15) is 49.1 Å². The van der Waals surface area contributed by atoms with Crippen LogP contribution in [0.4, 0.5) is 0 Å². The van der Waals surface area contributed by atoms with Gasteiger partial charge in [-0.1, -0.05) is 20.8 Å². The van der Waals surface area contributed by atoms with Gasteiger partial charge in [0.25, 0.3) is 5.91 Å². The van der Waals surface area contributed by atoms with E-state index in [4.69, 9.17) is 4.74 Å². The fourth-order valence-electron chi connectivity index (χ4n) is 2.93. The highest BCUT2D eigenvalue weighted by Gasteiger charge is 2.37. The number of nitrogens with zero attached hydrogens (tertiary/aromatic N) is 2. The van der Waals surface area contributed by atoms with Crippen LogP contribution in [0.3, 0.4) is 0 Å². The summed E-state index contributed by atoms with van der Waals surface area (Å²) in [5.74, 6) is 0.939. The molecule has 21 heavy (non-hydrogen) atoms. The maximum atomic E-state index is 12.3. The fourth-order valence-corrected chi connectivity index (χ4v) is 2.93. The minimum atomic E-state index is -0.105. The van der Waals surface area contributed by atoms with Crippen molar-refractivity contribution in [2.75, 3.05) is 13.2 Å². The summed E-state index contributed by atoms with van der Waals surface area (Å²) in [4.78, 5) is 20.6. The number of rotatable bonds is 3. The molecule has 0 aromatic carbocycles. The van der Waals surface area contributed by atoms with Crippen LogP contribution in [0, 0.1) is 25.2 Å². The van der Waals surface area contributed by atoms with Crippen molar-refractivity contribution in [1.29, 1.82) is 0 Å². The first-order valence-electron chi connectivity index (χ1n) is 7.49. The van der Waals surface area contributed by atoms with Crippen LogP contribution in [0.25, 0.3) is 0 Å². The molecule has 2 atom stereocenters. The molecule has 116 valence electrons. The first-order chi connectivity index (χ1) is 9.79. The molecule has 1 aliphatic rings. The van der Waals surface area contributed by atoms with Crippen LogP contribution in [0.2, 0.25) is 0 Å². The van der Waals surface area contributed by atoms with Crippen LogP contribution in [-0.2, 0) is 4.74 Å². The topological polar surface area (TPSA) is 64.1 Å². The summed E-state index contributed by atoms with van der Waals surface area (Å²) in [5, 5.41) is 3.00. The Morgan fingerprint density at radius 3 is 2.76 bits per heavy atom. The van der Waals surface area contributed by atoms with Gasteiger partial charge in [0, 0.05) is 25.3 Å². The Bertz CT molecular complexity index is 523. The average molecular weight is 291 g/mol. The second-order valence-electron chi connectivity index (χ2n) is 6.83.